The van der Waals surface area contributed by atoms with Crippen LogP contribution in [-0.2, 0) is 9.59 Å². The maximum atomic E-state index is 13.2. The highest BCUT2D eigenvalue weighted by molar-refractivity contribution is 8.15. The SMILES string of the molecule is CCC(SC1=Nc2ccccc2C2=NC(=O)C(c3ccccc3)N12)C(=O)NC1CCCCC1. The van der Waals surface area contributed by atoms with Gasteiger partial charge in [-0.1, -0.05) is 80.4 Å². The standard InChI is InChI=1S/C26H28N4O2S/c1-2-21(24(31)27-18-13-7-4-8-14-18)33-26-28-20-16-10-9-15-19(20)23-29-25(32)22(30(23)26)17-11-5-3-6-12-17/h3,5-6,9-12,15-16,18,21-22H,2,4,7-8,13-14H2,1H3,(H,27,31). The van der Waals surface area contributed by atoms with E-state index in [0.29, 0.717) is 17.4 Å². The van der Waals surface area contributed by atoms with Gasteiger partial charge in [-0.25, -0.2) is 4.99 Å². The number of benzene rings is 2. The van der Waals surface area contributed by atoms with E-state index in [9.17, 15) is 9.59 Å². The Morgan fingerprint density at radius 1 is 1.06 bits per heavy atom. The highest BCUT2D eigenvalue weighted by Crippen LogP contribution is 2.40. The van der Waals surface area contributed by atoms with E-state index in [1.807, 2.05) is 66.4 Å². The fourth-order valence-electron chi connectivity index (χ4n) is 4.76. The Balaban J connectivity index is 1.46. The predicted octanol–water partition coefficient (Wildman–Crippen LogP) is 4.98. The second-order valence-electron chi connectivity index (χ2n) is 8.73. The molecule has 6 nitrogen and oxygen atoms in total. The molecule has 2 aromatic carbocycles. The van der Waals surface area contributed by atoms with Crippen molar-refractivity contribution in [3.8, 4) is 0 Å². The van der Waals surface area contributed by atoms with Gasteiger partial charge in [0, 0.05) is 11.6 Å². The number of thioether (sulfide) groups is 1. The second-order valence-corrected chi connectivity index (χ2v) is 9.90. The third-order valence-corrected chi connectivity index (χ3v) is 7.81. The summed E-state index contributed by atoms with van der Waals surface area (Å²) in [6, 6.07) is 17.1. The first-order valence-electron chi connectivity index (χ1n) is 11.8. The fraction of sp³-hybridized carbons (Fsp3) is 0.385. The lowest BCUT2D eigenvalue weighted by atomic mass is 9.95. The van der Waals surface area contributed by atoms with Gasteiger partial charge in [0.25, 0.3) is 5.91 Å². The van der Waals surface area contributed by atoms with Gasteiger partial charge in [0.05, 0.1) is 10.9 Å². The van der Waals surface area contributed by atoms with Crippen LogP contribution in [0.5, 0.6) is 0 Å². The number of amidine groups is 2. The van der Waals surface area contributed by atoms with Gasteiger partial charge in [-0.15, -0.1) is 0 Å². The lowest BCUT2D eigenvalue weighted by Crippen LogP contribution is -2.44. The molecule has 2 atom stereocenters. The third-order valence-electron chi connectivity index (χ3n) is 6.48. The monoisotopic (exact) mass is 460 g/mol. The number of carbonyl (C=O) groups excluding carboxylic acids is 2. The third kappa shape index (κ3) is 4.34. The van der Waals surface area contributed by atoms with Crippen LogP contribution in [0.2, 0.25) is 0 Å². The van der Waals surface area contributed by atoms with Gasteiger partial charge >= 0.3 is 0 Å². The fourth-order valence-corrected chi connectivity index (χ4v) is 5.81. The van der Waals surface area contributed by atoms with E-state index >= 15 is 0 Å². The van der Waals surface area contributed by atoms with Crippen LogP contribution in [0, 0.1) is 0 Å². The molecule has 170 valence electrons. The molecular weight excluding hydrogens is 432 g/mol. The number of hydrogen-bond donors (Lipinski definition) is 1. The van der Waals surface area contributed by atoms with E-state index < -0.39 is 6.04 Å². The minimum absolute atomic E-state index is 0.0521. The number of amides is 2. The zero-order valence-electron chi connectivity index (χ0n) is 18.7. The summed E-state index contributed by atoms with van der Waals surface area (Å²) in [7, 11) is 0. The van der Waals surface area contributed by atoms with Gasteiger partial charge < -0.3 is 5.32 Å². The lowest BCUT2D eigenvalue weighted by molar-refractivity contribution is -0.121. The summed E-state index contributed by atoms with van der Waals surface area (Å²) in [4.78, 5) is 37.5. The highest BCUT2D eigenvalue weighted by atomic mass is 32.2. The Morgan fingerprint density at radius 2 is 1.79 bits per heavy atom. The van der Waals surface area contributed by atoms with E-state index in [1.54, 1.807) is 0 Å². The lowest BCUT2D eigenvalue weighted by Gasteiger charge is -2.33. The van der Waals surface area contributed by atoms with Gasteiger partial charge in [0.15, 0.2) is 5.17 Å². The van der Waals surface area contributed by atoms with Crippen LogP contribution in [0.4, 0.5) is 5.69 Å². The molecule has 2 aliphatic heterocycles. The smallest absolute Gasteiger partial charge is 0.275 e. The molecule has 0 radical (unpaired) electrons. The van der Waals surface area contributed by atoms with Crippen molar-refractivity contribution in [3.05, 3.63) is 65.7 Å². The van der Waals surface area contributed by atoms with Crippen molar-refractivity contribution < 1.29 is 9.59 Å². The van der Waals surface area contributed by atoms with Crippen LogP contribution in [0.1, 0.15) is 62.6 Å². The van der Waals surface area contributed by atoms with Gasteiger partial charge in [0.1, 0.15) is 11.9 Å². The first kappa shape index (κ1) is 21.9. The van der Waals surface area contributed by atoms with Crippen molar-refractivity contribution in [2.75, 3.05) is 0 Å². The predicted molar refractivity (Wildman–Crippen MR) is 133 cm³/mol. The van der Waals surface area contributed by atoms with E-state index in [-0.39, 0.29) is 23.1 Å². The van der Waals surface area contributed by atoms with Crippen LogP contribution < -0.4 is 5.32 Å². The van der Waals surface area contributed by atoms with Crippen molar-refractivity contribution in [1.29, 1.82) is 0 Å². The van der Waals surface area contributed by atoms with Crippen molar-refractivity contribution in [1.82, 2.24) is 10.2 Å². The number of rotatable bonds is 5. The Morgan fingerprint density at radius 3 is 2.55 bits per heavy atom. The summed E-state index contributed by atoms with van der Waals surface area (Å²) >= 11 is 1.43. The van der Waals surface area contributed by atoms with Gasteiger partial charge in [0.2, 0.25) is 5.91 Å². The minimum atomic E-state index is -0.570. The first-order chi connectivity index (χ1) is 16.2. The van der Waals surface area contributed by atoms with Crippen molar-refractivity contribution >= 4 is 40.3 Å². The van der Waals surface area contributed by atoms with Crippen LogP contribution in [0.25, 0.3) is 0 Å². The number of para-hydroxylation sites is 1. The van der Waals surface area contributed by atoms with E-state index in [4.69, 9.17) is 4.99 Å². The summed E-state index contributed by atoms with van der Waals surface area (Å²) in [5.74, 6) is 0.460. The summed E-state index contributed by atoms with van der Waals surface area (Å²) in [6.07, 6.45) is 6.37. The summed E-state index contributed by atoms with van der Waals surface area (Å²) in [5, 5.41) is 3.62. The Labute approximate surface area is 198 Å². The van der Waals surface area contributed by atoms with Gasteiger partial charge in [-0.3, -0.25) is 14.5 Å². The normalized spacial score (nSPS) is 21.1. The van der Waals surface area contributed by atoms with Crippen molar-refractivity contribution in [3.63, 3.8) is 0 Å². The van der Waals surface area contributed by atoms with Gasteiger partial charge in [-0.05, 0) is 37.0 Å². The molecule has 0 spiro atoms. The molecule has 33 heavy (non-hydrogen) atoms. The molecule has 2 unspecified atom stereocenters. The molecule has 0 saturated heterocycles. The first-order valence-corrected chi connectivity index (χ1v) is 12.7. The Kier molecular flexibility index (Phi) is 6.31. The van der Waals surface area contributed by atoms with Gasteiger partial charge in [-0.2, -0.15) is 4.99 Å². The molecule has 2 aromatic rings. The number of nitrogens with zero attached hydrogens (tertiary/aromatic N) is 3. The maximum Gasteiger partial charge on any atom is 0.275 e. The highest BCUT2D eigenvalue weighted by Gasteiger charge is 2.43. The molecular formula is C26H28N4O2S. The Bertz CT molecular complexity index is 1110. The molecule has 1 fully saturated rings. The molecule has 1 aliphatic carbocycles. The van der Waals surface area contributed by atoms with Crippen LogP contribution in [-0.4, -0.2) is 39.0 Å². The second kappa shape index (κ2) is 9.51. The number of fused-ring (bicyclic) bond motifs is 3. The van der Waals surface area contributed by atoms with E-state index in [2.05, 4.69) is 10.3 Å². The topological polar surface area (TPSA) is 74.1 Å². The van der Waals surface area contributed by atoms with Crippen LogP contribution >= 0.6 is 11.8 Å². The average molecular weight is 461 g/mol. The largest absolute Gasteiger partial charge is 0.352 e. The number of aliphatic imine (C=N–C) groups is 2. The summed E-state index contributed by atoms with van der Waals surface area (Å²) in [6.45, 7) is 2.02. The molecule has 2 heterocycles. The zero-order valence-corrected chi connectivity index (χ0v) is 19.6. The quantitative estimate of drug-likeness (QED) is 0.683. The average Bonchev–Trinajstić information content (AvgIpc) is 3.21. The van der Waals surface area contributed by atoms with Crippen LogP contribution in [0.3, 0.4) is 0 Å². The molecule has 2 amide bonds. The molecule has 1 N–H and O–H groups in total. The van der Waals surface area contributed by atoms with E-state index in [1.165, 1.54) is 31.0 Å². The molecule has 0 aromatic heterocycles. The Hall–Kier alpha value is -2.93. The van der Waals surface area contributed by atoms with Crippen molar-refractivity contribution in [2.24, 2.45) is 9.98 Å². The number of nitrogens with one attached hydrogen (secondary N) is 1. The maximum absolute atomic E-state index is 13.2. The summed E-state index contributed by atoms with van der Waals surface area (Å²) < 4.78 is 0. The van der Waals surface area contributed by atoms with E-state index in [0.717, 1.165) is 29.7 Å². The van der Waals surface area contributed by atoms with Crippen molar-refractivity contribution in [2.45, 2.75) is 62.8 Å². The molecule has 7 heteroatoms. The number of carbonyl (C=O) groups is 2. The van der Waals surface area contributed by atoms with Crippen LogP contribution in [0.15, 0.2) is 64.6 Å². The molecule has 0 bridgehead atoms. The minimum Gasteiger partial charge on any atom is -0.352 e. The molecule has 1 saturated carbocycles. The zero-order chi connectivity index (χ0) is 22.8. The molecule has 5 rings (SSSR count). The molecule has 3 aliphatic rings. The summed E-state index contributed by atoms with van der Waals surface area (Å²) in [5.41, 5.74) is 2.49. The number of hydrogen-bond acceptors (Lipinski definition) is 5.